The van der Waals surface area contributed by atoms with Crippen LogP contribution in [0.15, 0.2) is 41.6 Å². The fourth-order valence-corrected chi connectivity index (χ4v) is 2.64. The minimum absolute atomic E-state index is 0.272. The summed E-state index contributed by atoms with van der Waals surface area (Å²) in [5, 5.41) is 8.82. The molecule has 0 saturated heterocycles. The van der Waals surface area contributed by atoms with Gasteiger partial charge in [-0.1, -0.05) is 6.07 Å². The standard InChI is InChI=1S/C13H10FN3O2S/c1-9-2-3-10(6-15)4-13(9)17-20(18,19)12-5-11(14)7-16-8-12/h2-5,7-8,17H,1H3. The van der Waals surface area contributed by atoms with E-state index in [0.29, 0.717) is 11.1 Å². The highest BCUT2D eigenvalue weighted by Gasteiger charge is 2.16. The first kappa shape index (κ1) is 14.0. The Morgan fingerprint density at radius 3 is 2.70 bits per heavy atom. The van der Waals surface area contributed by atoms with Crippen LogP contribution < -0.4 is 4.72 Å². The van der Waals surface area contributed by atoms with E-state index in [9.17, 15) is 12.8 Å². The Hall–Kier alpha value is -2.46. The minimum atomic E-state index is -3.95. The first-order chi connectivity index (χ1) is 9.42. The zero-order valence-electron chi connectivity index (χ0n) is 10.5. The average molecular weight is 291 g/mol. The maximum Gasteiger partial charge on any atom is 0.263 e. The number of anilines is 1. The largest absolute Gasteiger partial charge is 0.279 e. The van der Waals surface area contributed by atoms with Crippen molar-refractivity contribution in [1.82, 2.24) is 4.98 Å². The second kappa shape index (κ2) is 5.27. The summed E-state index contributed by atoms with van der Waals surface area (Å²) in [7, 11) is -3.95. The van der Waals surface area contributed by atoms with E-state index in [4.69, 9.17) is 5.26 Å². The molecule has 0 amide bonds. The van der Waals surface area contributed by atoms with E-state index in [-0.39, 0.29) is 10.6 Å². The fourth-order valence-electron chi connectivity index (χ4n) is 1.54. The molecule has 0 aliphatic carbocycles. The number of rotatable bonds is 3. The molecule has 2 aromatic rings. The van der Waals surface area contributed by atoms with Gasteiger partial charge < -0.3 is 0 Å². The zero-order chi connectivity index (χ0) is 14.8. The molecule has 0 aliphatic rings. The van der Waals surface area contributed by atoms with Gasteiger partial charge in [-0.3, -0.25) is 9.71 Å². The minimum Gasteiger partial charge on any atom is -0.279 e. The SMILES string of the molecule is Cc1ccc(C#N)cc1NS(=O)(=O)c1cncc(F)c1. The second-order valence-corrected chi connectivity index (χ2v) is 5.77. The number of nitrogens with zero attached hydrogens (tertiary/aromatic N) is 2. The lowest BCUT2D eigenvalue weighted by Gasteiger charge is -2.10. The third-order valence-electron chi connectivity index (χ3n) is 2.60. The van der Waals surface area contributed by atoms with Crippen molar-refractivity contribution in [2.45, 2.75) is 11.8 Å². The van der Waals surface area contributed by atoms with Crippen LogP contribution >= 0.6 is 0 Å². The van der Waals surface area contributed by atoms with E-state index in [1.54, 1.807) is 19.1 Å². The monoisotopic (exact) mass is 291 g/mol. The molecule has 0 saturated carbocycles. The van der Waals surface area contributed by atoms with Crippen molar-refractivity contribution < 1.29 is 12.8 Å². The molecule has 1 N–H and O–H groups in total. The van der Waals surface area contributed by atoms with Gasteiger partial charge >= 0.3 is 0 Å². The maximum absolute atomic E-state index is 13.0. The van der Waals surface area contributed by atoms with Crippen LogP contribution in [0.4, 0.5) is 10.1 Å². The van der Waals surface area contributed by atoms with Crippen LogP contribution in [-0.2, 0) is 10.0 Å². The summed E-state index contributed by atoms with van der Waals surface area (Å²) >= 11 is 0. The molecule has 0 bridgehead atoms. The number of nitrogens with one attached hydrogen (secondary N) is 1. The maximum atomic E-state index is 13.0. The van der Waals surface area contributed by atoms with Gasteiger partial charge in [-0.2, -0.15) is 5.26 Å². The summed E-state index contributed by atoms with van der Waals surface area (Å²) in [5.74, 6) is -0.740. The Balaban J connectivity index is 2.41. The zero-order valence-corrected chi connectivity index (χ0v) is 11.3. The van der Waals surface area contributed by atoms with Crippen molar-refractivity contribution in [2.75, 3.05) is 4.72 Å². The number of sulfonamides is 1. The Morgan fingerprint density at radius 1 is 1.30 bits per heavy atom. The number of aryl methyl sites for hydroxylation is 1. The Labute approximate surface area is 115 Å². The van der Waals surface area contributed by atoms with Gasteiger partial charge in [0.2, 0.25) is 0 Å². The molecule has 102 valence electrons. The molecule has 1 aromatic carbocycles. The van der Waals surface area contributed by atoms with Gasteiger partial charge in [0.05, 0.1) is 23.5 Å². The highest BCUT2D eigenvalue weighted by molar-refractivity contribution is 7.92. The number of pyridine rings is 1. The van der Waals surface area contributed by atoms with Crippen LogP contribution in [0, 0.1) is 24.1 Å². The number of aromatic nitrogens is 1. The van der Waals surface area contributed by atoms with Crippen molar-refractivity contribution in [3.8, 4) is 6.07 Å². The molecule has 0 fully saturated rings. The van der Waals surface area contributed by atoms with Crippen molar-refractivity contribution in [3.63, 3.8) is 0 Å². The summed E-state index contributed by atoms with van der Waals surface area (Å²) < 4.78 is 39.6. The molecule has 0 aliphatic heterocycles. The van der Waals surface area contributed by atoms with E-state index in [0.717, 1.165) is 18.5 Å². The lowest BCUT2D eigenvalue weighted by molar-refractivity contribution is 0.592. The average Bonchev–Trinajstić information content (AvgIpc) is 2.41. The van der Waals surface area contributed by atoms with Crippen LogP contribution in [0.1, 0.15) is 11.1 Å². The Bertz CT molecular complexity index is 798. The predicted octanol–water partition coefficient (Wildman–Crippen LogP) is 2.20. The molecule has 0 spiro atoms. The number of nitriles is 1. The fraction of sp³-hybridized carbons (Fsp3) is 0.0769. The quantitative estimate of drug-likeness (QED) is 0.939. The van der Waals surface area contributed by atoms with Gasteiger partial charge in [0.15, 0.2) is 0 Å². The van der Waals surface area contributed by atoms with E-state index in [1.165, 1.54) is 6.07 Å². The topological polar surface area (TPSA) is 82.9 Å². The summed E-state index contributed by atoms with van der Waals surface area (Å²) in [4.78, 5) is 3.22. The van der Waals surface area contributed by atoms with Gasteiger partial charge in [0.1, 0.15) is 10.7 Å². The van der Waals surface area contributed by atoms with Crippen LogP contribution in [0.3, 0.4) is 0 Å². The molecule has 1 heterocycles. The first-order valence-corrected chi connectivity index (χ1v) is 7.05. The lowest BCUT2D eigenvalue weighted by atomic mass is 10.1. The van der Waals surface area contributed by atoms with Crippen LogP contribution in [0.5, 0.6) is 0 Å². The summed E-state index contributed by atoms with van der Waals surface area (Å²) in [6.07, 6.45) is 1.97. The van der Waals surface area contributed by atoms with E-state index >= 15 is 0 Å². The molecule has 1 aromatic heterocycles. The highest BCUT2D eigenvalue weighted by Crippen LogP contribution is 2.21. The van der Waals surface area contributed by atoms with Crippen LogP contribution in [-0.4, -0.2) is 13.4 Å². The van der Waals surface area contributed by atoms with Crippen molar-refractivity contribution >= 4 is 15.7 Å². The molecular formula is C13H10FN3O2S. The number of halogens is 1. The van der Waals surface area contributed by atoms with E-state index < -0.39 is 15.8 Å². The van der Waals surface area contributed by atoms with Gasteiger partial charge in [0, 0.05) is 6.20 Å². The third kappa shape index (κ3) is 2.92. The highest BCUT2D eigenvalue weighted by atomic mass is 32.2. The van der Waals surface area contributed by atoms with Gasteiger partial charge in [-0.05, 0) is 30.7 Å². The van der Waals surface area contributed by atoms with Gasteiger partial charge in [0.25, 0.3) is 10.0 Å². The van der Waals surface area contributed by atoms with Crippen molar-refractivity contribution in [2.24, 2.45) is 0 Å². The van der Waals surface area contributed by atoms with Gasteiger partial charge in [-0.15, -0.1) is 0 Å². The number of hydrogen-bond acceptors (Lipinski definition) is 4. The normalized spacial score (nSPS) is 10.8. The summed E-state index contributed by atoms with van der Waals surface area (Å²) in [6, 6.07) is 7.42. The Kier molecular flexibility index (Phi) is 3.68. The number of benzene rings is 1. The summed E-state index contributed by atoms with van der Waals surface area (Å²) in [6.45, 7) is 1.70. The number of hydrogen-bond donors (Lipinski definition) is 1. The molecule has 5 nitrogen and oxygen atoms in total. The smallest absolute Gasteiger partial charge is 0.263 e. The molecule has 2 rings (SSSR count). The summed E-state index contributed by atoms with van der Waals surface area (Å²) in [5.41, 5.74) is 1.25. The molecule has 0 atom stereocenters. The van der Waals surface area contributed by atoms with Crippen molar-refractivity contribution in [3.05, 3.63) is 53.6 Å². The van der Waals surface area contributed by atoms with E-state index in [2.05, 4.69) is 9.71 Å². The molecule has 0 radical (unpaired) electrons. The molecule has 7 heteroatoms. The predicted molar refractivity (Wildman–Crippen MR) is 70.9 cm³/mol. The molecule has 0 unspecified atom stereocenters. The van der Waals surface area contributed by atoms with E-state index in [1.807, 2.05) is 6.07 Å². The third-order valence-corrected chi connectivity index (χ3v) is 3.93. The molecular weight excluding hydrogens is 281 g/mol. The van der Waals surface area contributed by atoms with Gasteiger partial charge in [-0.25, -0.2) is 12.8 Å². The Morgan fingerprint density at radius 2 is 2.05 bits per heavy atom. The van der Waals surface area contributed by atoms with Crippen molar-refractivity contribution in [1.29, 1.82) is 5.26 Å². The lowest BCUT2D eigenvalue weighted by Crippen LogP contribution is -2.14. The second-order valence-electron chi connectivity index (χ2n) is 4.09. The molecule has 20 heavy (non-hydrogen) atoms. The van der Waals surface area contributed by atoms with Crippen LogP contribution in [0.25, 0.3) is 0 Å². The van der Waals surface area contributed by atoms with Crippen LogP contribution in [0.2, 0.25) is 0 Å². The first-order valence-electron chi connectivity index (χ1n) is 5.56.